The third kappa shape index (κ3) is 6.44. The molecule has 0 heterocycles. The van der Waals surface area contributed by atoms with Crippen molar-refractivity contribution in [2.75, 3.05) is 26.8 Å². The third-order valence-electron chi connectivity index (χ3n) is 3.01. The van der Waals surface area contributed by atoms with Gasteiger partial charge < -0.3 is 10.1 Å². The van der Waals surface area contributed by atoms with E-state index >= 15 is 0 Å². The highest BCUT2D eigenvalue weighted by molar-refractivity contribution is 5.15. The van der Waals surface area contributed by atoms with Gasteiger partial charge in [0.05, 0.1) is 0 Å². The minimum atomic E-state index is 0.715. The van der Waals surface area contributed by atoms with E-state index in [4.69, 9.17) is 4.74 Å². The van der Waals surface area contributed by atoms with Gasteiger partial charge in [0.15, 0.2) is 0 Å². The largest absolute Gasteiger partial charge is 0.385 e. The highest BCUT2D eigenvalue weighted by atomic mass is 16.5. The molecule has 0 bridgehead atoms. The molecule has 0 saturated heterocycles. The smallest absolute Gasteiger partial charge is 0.0462 e. The van der Waals surface area contributed by atoms with Gasteiger partial charge in [0, 0.05) is 13.7 Å². The lowest BCUT2D eigenvalue weighted by Crippen LogP contribution is -2.24. The summed E-state index contributed by atoms with van der Waals surface area (Å²) in [5.41, 5.74) is 1.44. The van der Waals surface area contributed by atoms with Crippen LogP contribution >= 0.6 is 0 Å². The van der Waals surface area contributed by atoms with Gasteiger partial charge >= 0.3 is 0 Å². The molecule has 17 heavy (non-hydrogen) atoms. The maximum absolute atomic E-state index is 5.13. The number of hydrogen-bond donors (Lipinski definition) is 1. The molecule has 0 saturated carbocycles. The molecule has 1 rings (SSSR count). The number of ether oxygens (including phenoxy) is 1. The molecule has 0 aliphatic rings. The average molecular weight is 235 g/mol. The van der Waals surface area contributed by atoms with Gasteiger partial charge in [0.2, 0.25) is 0 Å². The minimum Gasteiger partial charge on any atom is -0.385 e. The summed E-state index contributed by atoms with van der Waals surface area (Å²) in [5.74, 6) is 0.715. The van der Waals surface area contributed by atoms with E-state index in [2.05, 4.69) is 42.6 Å². The highest BCUT2D eigenvalue weighted by Gasteiger charge is 2.08. The first-order chi connectivity index (χ1) is 8.36. The van der Waals surface area contributed by atoms with E-state index in [0.29, 0.717) is 5.92 Å². The molecule has 0 aliphatic carbocycles. The lowest BCUT2D eigenvalue weighted by molar-refractivity contribution is 0.186. The van der Waals surface area contributed by atoms with Crippen molar-refractivity contribution in [3.05, 3.63) is 35.9 Å². The summed E-state index contributed by atoms with van der Waals surface area (Å²) in [5, 5.41) is 3.45. The molecule has 1 aromatic rings. The van der Waals surface area contributed by atoms with Crippen LogP contribution < -0.4 is 5.32 Å². The van der Waals surface area contributed by atoms with Gasteiger partial charge in [-0.2, -0.15) is 0 Å². The Kier molecular flexibility index (Phi) is 7.69. The average Bonchev–Trinajstić information content (AvgIpc) is 2.37. The molecule has 0 spiro atoms. The van der Waals surface area contributed by atoms with Crippen LogP contribution in [0.5, 0.6) is 0 Å². The molecule has 0 aromatic heterocycles. The van der Waals surface area contributed by atoms with Gasteiger partial charge in [0.1, 0.15) is 0 Å². The Morgan fingerprint density at radius 3 is 2.65 bits per heavy atom. The summed E-state index contributed by atoms with van der Waals surface area (Å²) in [7, 11) is 1.77. The lowest BCUT2D eigenvalue weighted by Gasteiger charge is -2.17. The molecular formula is C15H25NO. The normalized spacial score (nSPS) is 12.6. The summed E-state index contributed by atoms with van der Waals surface area (Å²) in [6.45, 7) is 5.19. The van der Waals surface area contributed by atoms with Gasteiger partial charge in [-0.1, -0.05) is 37.3 Å². The van der Waals surface area contributed by atoms with E-state index in [9.17, 15) is 0 Å². The fourth-order valence-corrected chi connectivity index (χ4v) is 2.09. The molecule has 0 aliphatic heterocycles. The zero-order valence-corrected chi connectivity index (χ0v) is 11.1. The van der Waals surface area contributed by atoms with Gasteiger partial charge in [-0.05, 0) is 43.8 Å². The Hall–Kier alpha value is -0.860. The standard InChI is InChI=1S/C15H25NO/c1-3-16-13-15(10-7-11-17-2)12-14-8-5-4-6-9-14/h4-6,8-9,15-16H,3,7,10-13H2,1-2H3. The van der Waals surface area contributed by atoms with Gasteiger partial charge in [-0.25, -0.2) is 0 Å². The van der Waals surface area contributed by atoms with E-state index in [-0.39, 0.29) is 0 Å². The van der Waals surface area contributed by atoms with Crippen molar-refractivity contribution in [2.45, 2.75) is 26.2 Å². The van der Waals surface area contributed by atoms with Crippen molar-refractivity contribution in [3.8, 4) is 0 Å². The fourth-order valence-electron chi connectivity index (χ4n) is 2.09. The van der Waals surface area contributed by atoms with Crippen LogP contribution in [-0.4, -0.2) is 26.8 Å². The third-order valence-corrected chi connectivity index (χ3v) is 3.01. The second kappa shape index (κ2) is 9.20. The molecule has 1 aromatic carbocycles. The summed E-state index contributed by atoms with van der Waals surface area (Å²) in [4.78, 5) is 0. The molecule has 2 heteroatoms. The van der Waals surface area contributed by atoms with E-state index in [0.717, 1.165) is 32.5 Å². The van der Waals surface area contributed by atoms with Crippen LogP contribution in [0, 0.1) is 5.92 Å². The SMILES string of the molecule is CCNCC(CCCOC)Cc1ccccc1. The van der Waals surface area contributed by atoms with Crippen LogP contribution in [-0.2, 0) is 11.2 Å². The zero-order chi connectivity index (χ0) is 12.3. The van der Waals surface area contributed by atoms with Gasteiger partial charge in [0.25, 0.3) is 0 Å². The molecule has 96 valence electrons. The Morgan fingerprint density at radius 2 is 2.00 bits per heavy atom. The van der Waals surface area contributed by atoms with E-state index in [1.165, 1.54) is 12.0 Å². The molecule has 1 N–H and O–H groups in total. The lowest BCUT2D eigenvalue weighted by atomic mass is 9.95. The molecular weight excluding hydrogens is 210 g/mol. The minimum absolute atomic E-state index is 0.715. The first-order valence-electron chi connectivity index (χ1n) is 6.60. The molecule has 0 radical (unpaired) electrons. The Labute approximate surface area is 105 Å². The zero-order valence-electron chi connectivity index (χ0n) is 11.1. The predicted octanol–water partition coefficient (Wildman–Crippen LogP) is 2.88. The number of rotatable bonds is 9. The summed E-state index contributed by atoms with van der Waals surface area (Å²) < 4.78 is 5.13. The van der Waals surface area contributed by atoms with Crippen molar-refractivity contribution in [2.24, 2.45) is 5.92 Å². The molecule has 1 atom stereocenters. The van der Waals surface area contributed by atoms with E-state index in [1.54, 1.807) is 7.11 Å². The van der Waals surface area contributed by atoms with E-state index < -0.39 is 0 Å². The number of methoxy groups -OCH3 is 1. The van der Waals surface area contributed by atoms with Crippen LogP contribution in [0.1, 0.15) is 25.3 Å². The van der Waals surface area contributed by atoms with Crippen LogP contribution in [0.4, 0.5) is 0 Å². The summed E-state index contributed by atoms with van der Waals surface area (Å²) in [6, 6.07) is 10.8. The number of hydrogen-bond acceptors (Lipinski definition) is 2. The highest BCUT2D eigenvalue weighted by Crippen LogP contribution is 2.13. The predicted molar refractivity (Wildman–Crippen MR) is 73.3 cm³/mol. The van der Waals surface area contributed by atoms with Gasteiger partial charge in [-0.15, -0.1) is 0 Å². The Balaban J connectivity index is 2.39. The number of benzene rings is 1. The molecule has 1 unspecified atom stereocenters. The quantitative estimate of drug-likeness (QED) is 0.665. The van der Waals surface area contributed by atoms with Gasteiger partial charge in [-0.3, -0.25) is 0 Å². The second-order valence-electron chi connectivity index (χ2n) is 4.50. The van der Waals surface area contributed by atoms with Crippen LogP contribution in [0.15, 0.2) is 30.3 Å². The van der Waals surface area contributed by atoms with E-state index in [1.807, 2.05) is 0 Å². The Morgan fingerprint density at radius 1 is 1.24 bits per heavy atom. The van der Waals surface area contributed by atoms with Crippen LogP contribution in [0.2, 0.25) is 0 Å². The maximum atomic E-state index is 5.13. The molecule has 2 nitrogen and oxygen atoms in total. The maximum Gasteiger partial charge on any atom is 0.0462 e. The first kappa shape index (κ1) is 14.2. The molecule has 0 amide bonds. The monoisotopic (exact) mass is 235 g/mol. The first-order valence-corrected chi connectivity index (χ1v) is 6.60. The van der Waals surface area contributed by atoms with Crippen LogP contribution in [0.3, 0.4) is 0 Å². The van der Waals surface area contributed by atoms with Crippen molar-refractivity contribution in [1.82, 2.24) is 5.32 Å². The van der Waals surface area contributed by atoms with Crippen molar-refractivity contribution in [1.29, 1.82) is 0 Å². The molecule has 0 fully saturated rings. The summed E-state index contributed by atoms with van der Waals surface area (Å²) >= 11 is 0. The topological polar surface area (TPSA) is 21.3 Å². The summed E-state index contributed by atoms with van der Waals surface area (Å²) in [6.07, 6.45) is 3.55. The van der Waals surface area contributed by atoms with Crippen molar-refractivity contribution in [3.63, 3.8) is 0 Å². The fraction of sp³-hybridized carbons (Fsp3) is 0.600. The number of nitrogens with one attached hydrogen (secondary N) is 1. The van der Waals surface area contributed by atoms with Crippen LogP contribution in [0.25, 0.3) is 0 Å². The second-order valence-corrected chi connectivity index (χ2v) is 4.50. The Bertz CT molecular complexity index is 274. The van der Waals surface area contributed by atoms with Crippen molar-refractivity contribution < 1.29 is 4.74 Å². The van der Waals surface area contributed by atoms with Crippen molar-refractivity contribution >= 4 is 0 Å².